The SMILES string of the molecule is CC(C)c1cc(C(=O)N2CCOCC2C(=O)O)no1. The number of aliphatic carboxylic acids is 1. The normalized spacial score (nSPS) is 19.7. The van der Waals surface area contributed by atoms with E-state index >= 15 is 0 Å². The van der Waals surface area contributed by atoms with Gasteiger partial charge in [0.25, 0.3) is 5.91 Å². The Kier molecular flexibility index (Phi) is 3.84. The molecule has 1 aromatic heterocycles. The van der Waals surface area contributed by atoms with E-state index < -0.39 is 17.9 Å². The molecule has 0 bridgehead atoms. The molecular formula is C12H16N2O5. The second-order valence-electron chi connectivity index (χ2n) is 4.70. The minimum absolute atomic E-state index is 0.00401. The van der Waals surface area contributed by atoms with Gasteiger partial charge in [-0.1, -0.05) is 19.0 Å². The third-order valence-corrected chi connectivity index (χ3v) is 2.99. The zero-order valence-corrected chi connectivity index (χ0v) is 10.8. The number of nitrogens with zero attached hydrogens (tertiary/aromatic N) is 2. The summed E-state index contributed by atoms with van der Waals surface area (Å²) in [5.74, 6) is -0.801. The quantitative estimate of drug-likeness (QED) is 0.868. The molecule has 1 N–H and O–H groups in total. The fourth-order valence-corrected chi connectivity index (χ4v) is 1.86. The summed E-state index contributed by atoms with van der Waals surface area (Å²) in [5, 5.41) is 12.8. The van der Waals surface area contributed by atoms with Gasteiger partial charge >= 0.3 is 5.97 Å². The van der Waals surface area contributed by atoms with Gasteiger partial charge < -0.3 is 19.3 Å². The lowest BCUT2D eigenvalue weighted by atomic mass is 10.1. The molecule has 1 unspecified atom stereocenters. The molecule has 0 spiro atoms. The van der Waals surface area contributed by atoms with E-state index in [9.17, 15) is 9.59 Å². The minimum atomic E-state index is -1.08. The Balaban J connectivity index is 2.18. The topological polar surface area (TPSA) is 92.9 Å². The number of hydrogen-bond donors (Lipinski definition) is 1. The highest BCUT2D eigenvalue weighted by Crippen LogP contribution is 2.18. The first-order valence-corrected chi connectivity index (χ1v) is 6.09. The lowest BCUT2D eigenvalue weighted by Gasteiger charge is -2.32. The highest BCUT2D eigenvalue weighted by molar-refractivity contribution is 5.95. The van der Waals surface area contributed by atoms with Crippen LogP contribution in [0.4, 0.5) is 0 Å². The molecule has 1 aliphatic heterocycles. The molecule has 7 heteroatoms. The van der Waals surface area contributed by atoms with Gasteiger partial charge in [0, 0.05) is 18.5 Å². The first-order chi connectivity index (χ1) is 9.00. The van der Waals surface area contributed by atoms with Crippen molar-refractivity contribution in [2.75, 3.05) is 19.8 Å². The van der Waals surface area contributed by atoms with Crippen LogP contribution in [0.3, 0.4) is 0 Å². The van der Waals surface area contributed by atoms with E-state index in [1.807, 2.05) is 13.8 Å². The molecule has 1 amide bonds. The molecule has 7 nitrogen and oxygen atoms in total. The van der Waals surface area contributed by atoms with Gasteiger partial charge in [-0.05, 0) is 0 Å². The molecule has 1 aliphatic rings. The summed E-state index contributed by atoms with van der Waals surface area (Å²) in [5.41, 5.74) is 0.136. The van der Waals surface area contributed by atoms with Gasteiger partial charge in [0.2, 0.25) is 0 Å². The van der Waals surface area contributed by atoms with Crippen molar-refractivity contribution < 1.29 is 24.0 Å². The smallest absolute Gasteiger partial charge is 0.328 e. The molecule has 1 aromatic rings. The van der Waals surface area contributed by atoms with Gasteiger partial charge in [0.1, 0.15) is 5.76 Å². The Bertz CT molecular complexity index is 482. The number of aromatic nitrogens is 1. The summed E-state index contributed by atoms with van der Waals surface area (Å²) in [6.07, 6.45) is 0. The van der Waals surface area contributed by atoms with Crippen molar-refractivity contribution in [2.45, 2.75) is 25.8 Å². The molecule has 2 rings (SSSR count). The molecule has 1 atom stereocenters. The maximum absolute atomic E-state index is 12.2. The molecule has 0 saturated carbocycles. The number of amides is 1. The lowest BCUT2D eigenvalue weighted by Crippen LogP contribution is -2.52. The fraction of sp³-hybridized carbons (Fsp3) is 0.583. The van der Waals surface area contributed by atoms with Crippen LogP contribution in [0.5, 0.6) is 0 Å². The Hall–Kier alpha value is -1.89. The molecule has 0 radical (unpaired) electrons. The summed E-state index contributed by atoms with van der Waals surface area (Å²) in [6, 6.07) is 0.585. The van der Waals surface area contributed by atoms with E-state index in [1.54, 1.807) is 6.07 Å². The second-order valence-corrected chi connectivity index (χ2v) is 4.70. The number of carbonyl (C=O) groups is 2. The van der Waals surface area contributed by atoms with E-state index in [4.69, 9.17) is 14.4 Å². The molecule has 2 heterocycles. The number of rotatable bonds is 3. The Morgan fingerprint density at radius 1 is 1.53 bits per heavy atom. The van der Waals surface area contributed by atoms with Gasteiger partial charge in [-0.15, -0.1) is 0 Å². The van der Waals surface area contributed by atoms with Crippen molar-refractivity contribution in [1.29, 1.82) is 0 Å². The maximum atomic E-state index is 12.2. The molecule has 0 aliphatic carbocycles. The average molecular weight is 268 g/mol. The van der Waals surface area contributed by atoms with Crippen molar-refractivity contribution >= 4 is 11.9 Å². The number of ether oxygens (including phenoxy) is 1. The van der Waals surface area contributed by atoms with Crippen LogP contribution in [0.25, 0.3) is 0 Å². The summed E-state index contributed by atoms with van der Waals surface area (Å²) in [4.78, 5) is 24.6. The van der Waals surface area contributed by atoms with E-state index in [1.165, 1.54) is 4.90 Å². The van der Waals surface area contributed by atoms with Crippen LogP contribution in [-0.2, 0) is 9.53 Å². The Morgan fingerprint density at radius 3 is 2.84 bits per heavy atom. The number of carboxylic acids is 1. The van der Waals surface area contributed by atoms with Gasteiger partial charge in [-0.3, -0.25) is 4.79 Å². The zero-order chi connectivity index (χ0) is 14.0. The standard InChI is InChI=1S/C12H16N2O5/c1-7(2)10-5-8(13-19-10)11(15)14-3-4-18-6-9(14)12(16)17/h5,7,9H,3-4,6H2,1-2H3,(H,16,17). The van der Waals surface area contributed by atoms with Crippen LogP contribution < -0.4 is 0 Å². The first-order valence-electron chi connectivity index (χ1n) is 6.09. The van der Waals surface area contributed by atoms with E-state index in [0.29, 0.717) is 12.4 Å². The largest absolute Gasteiger partial charge is 0.480 e. The van der Waals surface area contributed by atoms with Crippen molar-refractivity contribution in [3.05, 3.63) is 17.5 Å². The first kappa shape index (κ1) is 13.5. The monoisotopic (exact) mass is 268 g/mol. The summed E-state index contributed by atoms with van der Waals surface area (Å²) < 4.78 is 10.1. The molecule has 19 heavy (non-hydrogen) atoms. The highest BCUT2D eigenvalue weighted by atomic mass is 16.5. The van der Waals surface area contributed by atoms with Crippen LogP contribution in [-0.4, -0.2) is 52.8 Å². The lowest BCUT2D eigenvalue weighted by molar-refractivity contribution is -0.147. The molecule has 104 valence electrons. The number of carboxylic acid groups (broad SMARTS) is 1. The molecular weight excluding hydrogens is 252 g/mol. The van der Waals surface area contributed by atoms with Crippen molar-refractivity contribution in [3.63, 3.8) is 0 Å². The predicted molar refractivity (Wildman–Crippen MR) is 63.9 cm³/mol. The zero-order valence-electron chi connectivity index (χ0n) is 10.8. The molecule has 1 saturated heterocycles. The van der Waals surface area contributed by atoms with Gasteiger partial charge in [0.15, 0.2) is 11.7 Å². The predicted octanol–water partition coefficient (Wildman–Crippen LogP) is 0.724. The third-order valence-electron chi connectivity index (χ3n) is 2.99. The summed E-state index contributed by atoms with van der Waals surface area (Å²) in [7, 11) is 0. The van der Waals surface area contributed by atoms with E-state index in [0.717, 1.165) is 0 Å². The van der Waals surface area contributed by atoms with Crippen molar-refractivity contribution in [3.8, 4) is 0 Å². The number of hydrogen-bond acceptors (Lipinski definition) is 5. The van der Waals surface area contributed by atoms with Gasteiger partial charge in [0.05, 0.1) is 13.2 Å². The molecule has 0 aromatic carbocycles. The van der Waals surface area contributed by atoms with Crippen LogP contribution in [0.15, 0.2) is 10.6 Å². The van der Waals surface area contributed by atoms with Gasteiger partial charge in [-0.2, -0.15) is 0 Å². The summed E-state index contributed by atoms with van der Waals surface area (Å²) >= 11 is 0. The Labute approximate surface area is 110 Å². The van der Waals surface area contributed by atoms with Crippen molar-refractivity contribution in [2.24, 2.45) is 0 Å². The van der Waals surface area contributed by atoms with E-state index in [-0.39, 0.29) is 24.8 Å². The number of morpholine rings is 1. The maximum Gasteiger partial charge on any atom is 0.328 e. The average Bonchev–Trinajstić information content (AvgIpc) is 2.87. The van der Waals surface area contributed by atoms with Crippen LogP contribution in [0.2, 0.25) is 0 Å². The molecule has 1 fully saturated rings. The third kappa shape index (κ3) is 2.76. The fourth-order valence-electron chi connectivity index (χ4n) is 1.86. The van der Waals surface area contributed by atoms with Gasteiger partial charge in [-0.25, -0.2) is 4.79 Å². The van der Waals surface area contributed by atoms with Crippen LogP contribution in [0, 0.1) is 0 Å². The van der Waals surface area contributed by atoms with Crippen LogP contribution in [0.1, 0.15) is 36.0 Å². The second kappa shape index (κ2) is 5.40. The van der Waals surface area contributed by atoms with E-state index in [2.05, 4.69) is 5.16 Å². The van der Waals surface area contributed by atoms with Crippen molar-refractivity contribution in [1.82, 2.24) is 10.1 Å². The highest BCUT2D eigenvalue weighted by Gasteiger charge is 2.34. The summed E-state index contributed by atoms with van der Waals surface area (Å²) in [6.45, 7) is 4.40. The number of carbonyl (C=O) groups excluding carboxylic acids is 1. The van der Waals surface area contributed by atoms with Crippen LogP contribution >= 0.6 is 0 Å². The minimum Gasteiger partial charge on any atom is -0.480 e. The Morgan fingerprint density at radius 2 is 2.26 bits per heavy atom.